The van der Waals surface area contributed by atoms with E-state index in [2.05, 4.69) is 10.3 Å². The summed E-state index contributed by atoms with van der Waals surface area (Å²) in [4.78, 5) is 15.7. The molecule has 0 aliphatic heterocycles. The number of nitrogens with zero attached hydrogens (tertiary/aromatic N) is 2. The van der Waals surface area contributed by atoms with Crippen LogP contribution < -0.4 is 5.32 Å². The standard InChI is InChI=1S/C13H14ClN3O2S/c1-8-6-16-13(20-8)9(2)15-7-10-3-4-11(17(18)19)5-12(10)14/h3-6,9,15H,7H2,1-2H3. The van der Waals surface area contributed by atoms with E-state index in [4.69, 9.17) is 11.6 Å². The van der Waals surface area contributed by atoms with Crippen LogP contribution in [0.25, 0.3) is 0 Å². The first kappa shape index (κ1) is 14.9. The molecule has 0 radical (unpaired) electrons. The van der Waals surface area contributed by atoms with Crippen LogP contribution in [0.2, 0.25) is 5.02 Å². The first-order chi connectivity index (χ1) is 9.47. The van der Waals surface area contributed by atoms with Crippen molar-refractivity contribution in [2.24, 2.45) is 0 Å². The van der Waals surface area contributed by atoms with Crippen molar-refractivity contribution < 1.29 is 4.92 Å². The lowest BCUT2D eigenvalue weighted by Gasteiger charge is -2.12. The molecule has 20 heavy (non-hydrogen) atoms. The van der Waals surface area contributed by atoms with Crippen molar-refractivity contribution in [1.29, 1.82) is 0 Å². The van der Waals surface area contributed by atoms with Gasteiger partial charge in [0, 0.05) is 29.8 Å². The Morgan fingerprint density at radius 3 is 2.85 bits per heavy atom. The Morgan fingerprint density at radius 2 is 2.30 bits per heavy atom. The molecule has 0 aliphatic rings. The first-order valence-corrected chi connectivity index (χ1v) is 7.25. The zero-order valence-electron chi connectivity index (χ0n) is 11.1. The van der Waals surface area contributed by atoms with Crippen LogP contribution >= 0.6 is 22.9 Å². The molecule has 0 bridgehead atoms. The normalized spacial score (nSPS) is 12.3. The molecular weight excluding hydrogens is 298 g/mol. The molecular formula is C13H14ClN3O2S. The summed E-state index contributed by atoms with van der Waals surface area (Å²) < 4.78 is 0. The fraction of sp³-hybridized carbons (Fsp3) is 0.308. The number of nitrogens with one attached hydrogen (secondary N) is 1. The Hall–Kier alpha value is -1.50. The second-order valence-electron chi connectivity index (χ2n) is 4.44. The van der Waals surface area contributed by atoms with Gasteiger partial charge in [-0.3, -0.25) is 10.1 Å². The van der Waals surface area contributed by atoms with Gasteiger partial charge in [0.2, 0.25) is 0 Å². The number of non-ortho nitro benzene ring substituents is 1. The number of hydrogen-bond acceptors (Lipinski definition) is 5. The molecule has 0 amide bonds. The van der Waals surface area contributed by atoms with Crippen LogP contribution in [-0.4, -0.2) is 9.91 Å². The highest BCUT2D eigenvalue weighted by atomic mass is 35.5. The molecule has 0 spiro atoms. The predicted molar refractivity (Wildman–Crippen MR) is 80.2 cm³/mol. The summed E-state index contributed by atoms with van der Waals surface area (Å²) >= 11 is 7.70. The molecule has 0 aliphatic carbocycles. The number of aryl methyl sites for hydroxylation is 1. The van der Waals surface area contributed by atoms with E-state index in [1.165, 1.54) is 17.0 Å². The highest BCUT2D eigenvalue weighted by molar-refractivity contribution is 7.11. The third-order valence-electron chi connectivity index (χ3n) is 2.86. The smallest absolute Gasteiger partial charge is 0.270 e. The number of halogens is 1. The Labute approximate surface area is 125 Å². The van der Waals surface area contributed by atoms with Crippen LogP contribution in [0.1, 0.15) is 28.4 Å². The Balaban J connectivity index is 2.02. The third-order valence-corrected chi connectivity index (χ3v) is 4.30. The Morgan fingerprint density at radius 1 is 1.55 bits per heavy atom. The molecule has 1 aromatic carbocycles. The van der Waals surface area contributed by atoms with Gasteiger partial charge in [0.25, 0.3) is 5.69 Å². The molecule has 7 heteroatoms. The summed E-state index contributed by atoms with van der Waals surface area (Å²) in [5.41, 5.74) is 0.833. The topological polar surface area (TPSA) is 68.1 Å². The van der Waals surface area contributed by atoms with E-state index in [0.717, 1.165) is 10.6 Å². The van der Waals surface area contributed by atoms with Crippen molar-refractivity contribution in [3.8, 4) is 0 Å². The zero-order valence-corrected chi connectivity index (χ0v) is 12.7. The summed E-state index contributed by atoms with van der Waals surface area (Å²) in [5.74, 6) is 0. The fourth-order valence-electron chi connectivity index (χ4n) is 1.72. The maximum absolute atomic E-state index is 10.6. The van der Waals surface area contributed by atoms with E-state index in [0.29, 0.717) is 11.6 Å². The van der Waals surface area contributed by atoms with E-state index in [9.17, 15) is 10.1 Å². The summed E-state index contributed by atoms with van der Waals surface area (Å²) in [6.45, 7) is 4.58. The number of hydrogen-bond donors (Lipinski definition) is 1. The molecule has 1 unspecified atom stereocenters. The Bertz CT molecular complexity index is 630. The lowest BCUT2D eigenvalue weighted by atomic mass is 10.2. The molecule has 1 N–H and O–H groups in total. The first-order valence-electron chi connectivity index (χ1n) is 6.06. The maximum Gasteiger partial charge on any atom is 0.270 e. The minimum atomic E-state index is -0.454. The van der Waals surface area contributed by atoms with Gasteiger partial charge in [0.15, 0.2) is 0 Å². The van der Waals surface area contributed by atoms with E-state index in [-0.39, 0.29) is 11.7 Å². The maximum atomic E-state index is 10.6. The van der Waals surface area contributed by atoms with Gasteiger partial charge in [-0.15, -0.1) is 11.3 Å². The number of rotatable bonds is 5. The van der Waals surface area contributed by atoms with Crippen molar-refractivity contribution in [3.63, 3.8) is 0 Å². The summed E-state index contributed by atoms with van der Waals surface area (Å²) in [5, 5.41) is 15.4. The van der Waals surface area contributed by atoms with Crippen molar-refractivity contribution in [3.05, 3.63) is 55.0 Å². The van der Waals surface area contributed by atoms with Crippen molar-refractivity contribution >= 4 is 28.6 Å². The quantitative estimate of drug-likeness (QED) is 0.672. The van der Waals surface area contributed by atoms with E-state index >= 15 is 0 Å². The molecule has 106 valence electrons. The van der Waals surface area contributed by atoms with E-state index in [1.54, 1.807) is 17.4 Å². The van der Waals surface area contributed by atoms with Gasteiger partial charge >= 0.3 is 0 Å². The molecule has 2 aromatic rings. The lowest BCUT2D eigenvalue weighted by Crippen LogP contribution is -2.18. The number of thiazole rings is 1. The number of aromatic nitrogens is 1. The number of nitro groups is 1. The summed E-state index contributed by atoms with van der Waals surface area (Å²) in [6, 6.07) is 4.62. The lowest BCUT2D eigenvalue weighted by molar-refractivity contribution is -0.384. The highest BCUT2D eigenvalue weighted by Crippen LogP contribution is 2.24. The summed E-state index contributed by atoms with van der Waals surface area (Å²) in [6.07, 6.45) is 1.84. The largest absolute Gasteiger partial charge is 0.304 e. The minimum Gasteiger partial charge on any atom is -0.304 e. The fourth-order valence-corrected chi connectivity index (χ4v) is 2.76. The zero-order chi connectivity index (χ0) is 14.7. The second-order valence-corrected chi connectivity index (χ2v) is 6.12. The number of benzene rings is 1. The molecule has 1 aromatic heterocycles. The molecule has 0 saturated carbocycles. The highest BCUT2D eigenvalue weighted by Gasteiger charge is 2.12. The minimum absolute atomic E-state index is 0.00217. The van der Waals surface area contributed by atoms with Crippen LogP contribution in [0, 0.1) is 17.0 Å². The van der Waals surface area contributed by atoms with Gasteiger partial charge in [0.05, 0.1) is 16.0 Å². The second kappa shape index (κ2) is 6.30. The van der Waals surface area contributed by atoms with Crippen molar-refractivity contribution in [1.82, 2.24) is 10.3 Å². The SMILES string of the molecule is Cc1cnc(C(C)NCc2ccc([N+](=O)[O-])cc2Cl)s1. The van der Waals surface area contributed by atoms with Gasteiger partial charge in [0.1, 0.15) is 5.01 Å². The van der Waals surface area contributed by atoms with Crippen molar-refractivity contribution in [2.45, 2.75) is 26.4 Å². The molecule has 0 saturated heterocycles. The average Bonchev–Trinajstić information content (AvgIpc) is 2.83. The van der Waals surface area contributed by atoms with Crippen LogP contribution in [0.15, 0.2) is 24.4 Å². The molecule has 2 rings (SSSR count). The average molecular weight is 312 g/mol. The molecule has 1 heterocycles. The molecule has 0 fully saturated rings. The van der Waals surface area contributed by atoms with Gasteiger partial charge in [-0.2, -0.15) is 0 Å². The van der Waals surface area contributed by atoms with E-state index < -0.39 is 4.92 Å². The molecule has 1 atom stereocenters. The summed E-state index contributed by atoms with van der Waals surface area (Å²) in [7, 11) is 0. The monoisotopic (exact) mass is 311 g/mol. The van der Waals surface area contributed by atoms with Gasteiger partial charge in [-0.05, 0) is 25.5 Å². The third kappa shape index (κ3) is 3.53. The Kier molecular flexibility index (Phi) is 4.69. The van der Waals surface area contributed by atoms with Crippen LogP contribution in [-0.2, 0) is 6.54 Å². The van der Waals surface area contributed by atoms with E-state index in [1.807, 2.05) is 20.0 Å². The van der Waals surface area contributed by atoms with Crippen molar-refractivity contribution in [2.75, 3.05) is 0 Å². The van der Waals surface area contributed by atoms with Gasteiger partial charge in [-0.1, -0.05) is 11.6 Å². The predicted octanol–water partition coefficient (Wildman–Crippen LogP) is 3.86. The van der Waals surface area contributed by atoms with Gasteiger partial charge < -0.3 is 5.32 Å². The number of nitro benzene ring substituents is 1. The van der Waals surface area contributed by atoms with Crippen LogP contribution in [0.4, 0.5) is 5.69 Å². The van der Waals surface area contributed by atoms with Crippen LogP contribution in [0.3, 0.4) is 0 Å². The van der Waals surface area contributed by atoms with Gasteiger partial charge in [-0.25, -0.2) is 4.98 Å². The molecule has 5 nitrogen and oxygen atoms in total. The van der Waals surface area contributed by atoms with Crippen LogP contribution in [0.5, 0.6) is 0 Å².